The topological polar surface area (TPSA) is 77.8 Å². The Morgan fingerprint density at radius 2 is 2.15 bits per heavy atom. The molecule has 1 aromatic carbocycles. The summed E-state index contributed by atoms with van der Waals surface area (Å²) in [6, 6.07) is 5.40. The molecule has 0 aliphatic heterocycles. The van der Waals surface area contributed by atoms with Crippen molar-refractivity contribution in [3.63, 3.8) is 0 Å². The van der Waals surface area contributed by atoms with Gasteiger partial charge in [0.1, 0.15) is 11.3 Å². The molecule has 0 spiro atoms. The molecule has 1 amide bonds. The van der Waals surface area contributed by atoms with Gasteiger partial charge in [0.2, 0.25) is 5.91 Å². The van der Waals surface area contributed by atoms with Crippen LogP contribution in [0.2, 0.25) is 0 Å². The van der Waals surface area contributed by atoms with E-state index in [-0.39, 0.29) is 12.3 Å². The van der Waals surface area contributed by atoms with Crippen molar-refractivity contribution in [2.45, 2.75) is 39.0 Å². The second-order valence-electron chi connectivity index (χ2n) is 7.08. The maximum Gasteiger partial charge on any atom is 0.339 e. The lowest BCUT2D eigenvalue weighted by atomic mass is 10.0. The number of carbonyl (C=O) groups excluding carboxylic acids is 1. The van der Waals surface area contributed by atoms with Crippen LogP contribution in [-0.2, 0) is 16.0 Å². The zero-order valence-electron chi connectivity index (χ0n) is 16.0. The van der Waals surface area contributed by atoms with Crippen LogP contribution in [0.4, 0.5) is 0 Å². The fourth-order valence-corrected chi connectivity index (χ4v) is 3.05. The van der Waals surface area contributed by atoms with E-state index >= 15 is 0 Å². The summed E-state index contributed by atoms with van der Waals surface area (Å²) in [5.74, 6) is 1.33. The molecule has 0 radical (unpaired) electrons. The average molecular weight is 373 g/mol. The third-order valence-electron chi connectivity index (χ3n) is 4.93. The number of amides is 1. The SMILES string of the molecule is COc1ccc2c(C)c(CCC(=O)NCCCOCC3CC3)c(=O)oc2c1. The van der Waals surface area contributed by atoms with Gasteiger partial charge in [-0.05, 0) is 56.2 Å². The third-order valence-corrected chi connectivity index (χ3v) is 4.93. The number of methoxy groups -OCH3 is 1. The first-order valence-corrected chi connectivity index (χ1v) is 9.53. The summed E-state index contributed by atoms with van der Waals surface area (Å²) in [5, 5.41) is 3.74. The second-order valence-corrected chi connectivity index (χ2v) is 7.08. The second kappa shape index (κ2) is 9.04. The summed E-state index contributed by atoms with van der Waals surface area (Å²) in [6.45, 7) is 4.00. The first-order valence-electron chi connectivity index (χ1n) is 9.53. The highest BCUT2D eigenvalue weighted by Gasteiger charge is 2.20. The van der Waals surface area contributed by atoms with Gasteiger partial charge in [-0.3, -0.25) is 4.79 Å². The smallest absolute Gasteiger partial charge is 0.339 e. The number of fused-ring (bicyclic) bond motifs is 1. The molecule has 146 valence electrons. The van der Waals surface area contributed by atoms with Gasteiger partial charge in [0.15, 0.2) is 0 Å². The monoisotopic (exact) mass is 373 g/mol. The zero-order chi connectivity index (χ0) is 19.2. The molecular weight excluding hydrogens is 346 g/mol. The van der Waals surface area contributed by atoms with E-state index in [2.05, 4.69) is 5.32 Å². The van der Waals surface area contributed by atoms with Crippen molar-refractivity contribution >= 4 is 16.9 Å². The number of nitrogens with one attached hydrogen (secondary N) is 1. The Kier molecular flexibility index (Phi) is 6.50. The lowest BCUT2D eigenvalue weighted by Crippen LogP contribution is -2.26. The summed E-state index contributed by atoms with van der Waals surface area (Å²) in [6.07, 6.45) is 3.99. The van der Waals surface area contributed by atoms with Crippen molar-refractivity contribution in [1.29, 1.82) is 0 Å². The van der Waals surface area contributed by atoms with Gasteiger partial charge in [0.25, 0.3) is 0 Å². The van der Waals surface area contributed by atoms with Crippen molar-refractivity contribution in [2.24, 2.45) is 5.92 Å². The van der Waals surface area contributed by atoms with Crippen LogP contribution < -0.4 is 15.7 Å². The fourth-order valence-electron chi connectivity index (χ4n) is 3.05. The predicted molar refractivity (Wildman–Crippen MR) is 103 cm³/mol. The Labute approximate surface area is 158 Å². The summed E-state index contributed by atoms with van der Waals surface area (Å²) in [7, 11) is 1.57. The minimum atomic E-state index is -0.394. The minimum Gasteiger partial charge on any atom is -0.497 e. The van der Waals surface area contributed by atoms with Crippen LogP contribution in [0, 0.1) is 12.8 Å². The Morgan fingerprint density at radius 1 is 1.33 bits per heavy atom. The zero-order valence-corrected chi connectivity index (χ0v) is 16.0. The van der Waals surface area contributed by atoms with Gasteiger partial charge in [-0.2, -0.15) is 0 Å². The van der Waals surface area contributed by atoms with Gasteiger partial charge >= 0.3 is 5.63 Å². The van der Waals surface area contributed by atoms with E-state index in [1.165, 1.54) is 12.8 Å². The van der Waals surface area contributed by atoms with Crippen molar-refractivity contribution in [3.05, 3.63) is 39.7 Å². The van der Waals surface area contributed by atoms with Gasteiger partial charge in [-0.25, -0.2) is 4.79 Å². The number of ether oxygens (including phenoxy) is 2. The molecule has 6 heteroatoms. The standard InChI is InChI=1S/C21H27NO5/c1-14-17-7-6-16(25-2)12-19(17)27-21(24)18(14)8-9-20(23)22-10-3-11-26-13-15-4-5-15/h6-7,12,15H,3-5,8-11,13H2,1-2H3,(H,22,23). The van der Waals surface area contributed by atoms with E-state index in [4.69, 9.17) is 13.9 Å². The molecule has 1 saturated carbocycles. The number of benzene rings is 1. The molecular formula is C21H27NO5. The molecule has 27 heavy (non-hydrogen) atoms. The van der Waals surface area contributed by atoms with E-state index < -0.39 is 5.63 Å². The van der Waals surface area contributed by atoms with Gasteiger partial charge in [0, 0.05) is 43.2 Å². The molecule has 1 aliphatic rings. The van der Waals surface area contributed by atoms with Crippen LogP contribution >= 0.6 is 0 Å². The lowest BCUT2D eigenvalue weighted by Gasteiger charge is -2.09. The van der Waals surface area contributed by atoms with E-state index in [1.54, 1.807) is 13.2 Å². The Hall–Kier alpha value is -2.34. The van der Waals surface area contributed by atoms with Gasteiger partial charge in [0.05, 0.1) is 7.11 Å². The molecule has 6 nitrogen and oxygen atoms in total. The fraction of sp³-hybridized carbons (Fsp3) is 0.524. The summed E-state index contributed by atoms with van der Waals surface area (Å²) >= 11 is 0. The highest BCUT2D eigenvalue weighted by molar-refractivity contribution is 5.82. The highest BCUT2D eigenvalue weighted by Crippen LogP contribution is 2.28. The molecule has 0 unspecified atom stereocenters. The third kappa shape index (κ3) is 5.32. The number of carbonyl (C=O) groups is 1. The minimum absolute atomic E-state index is 0.0641. The molecule has 1 aliphatic carbocycles. The van der Waals surface area contributed by atoms with Crippen LogP contribution in [0.1, 0.15) is 36.8 Å². The number of rotatable bonds is 10. The predicted octanol–water partition coefficient (Wildman–Crippen LogP) is 2.98. The Balaban J connectivity index is 1.50. The molecule has 1 fully saturated rings. The van der Waals surface area contributed by atoms with Crippen molar-refractivity contribution in [2.75, 3.05) is 26.9 Å². The Bertz CT molecular complexity index is 854. The van der Waals surface area contributed by atoms with Crippen LogP contribution in [0.25, 0.3) is 11.0 Å². The van der Waals surface area contributed by atoms with Crippen molar-refractivity contribution in [3.8, 4) is 5.75 Å². The molecule has 0 bridgehead atoms. The van der Waals surface area contributed by atoms with Crippen LogP contribution in [-0.4, -0.2) is 32.8 Å². The number of hydrogen-bond donors (Lipinski definition) is 1. The molecule has 3 rings (SSSR count). The van der Waals surface area contributed by atoms with Gasteiger partial charge in [-0.15, -0.1) is 0 Å². The molecule has 0 atom stereocenters. The maximum absolute atomic E-state index is 12.3. The van der Waals surface area contributed by atoms with Crippen molar-refractivity contribution in [1.82, 2.24) is 5.32 Å². The first-order chi connectivity index (χ1) is 13.1. The van der Waals surface area contributed by atoms with E-state index in [0.29, 0.717) is 36.5 Å². The first kappa shape index (κ1) is 19.4. The van der Waals surface area contributed by atoms with Crippen LogP contribution in [0.15, 0.2) is 27.4 Å². The average Bonchev–Trinajstić information content (AvgIpc) is 3.48. The van der Waals surface area contributed by atoms with Gasteiger partial charge < -0.3 is 19.2 Å². The van der Waals surface area contributed by atoms with Crippen molar-refractivity contribution < 1.29 is 18.7 Å². The van der Waals surface area contributed by atoms with E-state index in [1.807, 2.05) is 19.1 Å². The van der Waals surface area contributed by atoms with Crippen LogP contribution in [0.3, 0.4) is 0 Å². The number of aryl methyl sites for hydroxylation is 1. The van der Waals surface area contributed by atoms with Crippen LogP contribution in [0.5, 0.6) is 5.75 Å². The lowest BCUT2D eigenvalue weighted by molar-refractivity contribution is -0.121. The normalized spacial score (nSPS) is 13.7. The van der Waals surface area contributed by atoms with E-state index in [9.17, 15) is 9.59 Å². The highest BCUT2D eigenvalue weighted by atomic mass is 16.5. The maximum atomic E-state index is 12.3. The molecule has 2 aromatic rings. The molecule has 1 heterocycles. The summed E-state index contributed by atoms with van der Waals surface area (Å²) in [4.78, 5) is 24.3. The molecule has 0 saturated heterocycles. The molecule has 1 aromatic heterocycles. The van der Waals surface area contributed by atoms with Gasteiger partial charge in [-0.1, -0.05) is 0 Å². The number of hydrogen-bond acceptors (Lipinski definition) is 5. The molecule has 1 N–H and O–H groups in total. The summed E-state index contributed by atoms with van der Waals surface area (Å²) < 4.78 is 16.1. The Morgan fingerprint density at radius 3 is 2.89 bits per heavy atom. The summed E-state index contributed by atoms with van der Waals surface area (Å²) in [5.41, 5.74) is 1.51. The quantitative estimate of drug-likeness (QED) is 0.512. The van der Waals surface area contributed by atoms with E-state index in [0.717, 1.165) is 29.9 Å². The largest absolute Gasteiger partial charge is 0.497 e.